The van der Waals surface area contributed by atoms with Crippen molar-refractivity contribution in [2.45, 2.75) is 39.3 Å². The lowest BCUT2D eigenvalue weighted by Gasteiger charge is -2.38. The van der Waals surface area contributed by atoms with Crippen LogP contribution in [0.2, 0.25) is 0 Å². The van der Waals surface area contributed by atoms with E-state index in [0.717, 1.165) is 18.9 Å². The summed E-state index contributed by atoms with van der Waals surface area (Å²) in [4.78, 5) is 13.9. The molecular formula is C14H22N4O2. The highest BCUT2D eigenvalue weighted by molar-refractivity contribution is 5.92. The zero-order valence-electron chi connectivity index (χ0n) is 12.5. The van der Waals surface area contributed by atoms with Gasteiger partial charge in [0.1, 0.15) is 0 Å². The van der Waals surface area contributed by atoms with Gasteiger partial charge in [-0.05, 0) is 39.8 Å². The number of anilines is 1. The maximum Gasteiger partial charge on any atom is 0.271 e. The minimum Gasteiger partial charge on any atom is -0.372 e. The first kappa shape index (κ1) is 14.7. The molecule has 110 valence electrons. The van der Waals surface area contributed by atoms with E-state index in [1.165, 1.54) is 0 Å². The number of hydrogen-bond donors (Lipinski definition) is 1. The summed E-state index contributed by atoms with van der Waals surface area (Å²) in [6, 6.07) is 3.63. The summed E-state index contributed by atoms with van der Waals surface area (Å²) in [5.74, 6) is 0.587. The molecular weight excluding hydrogens is 256 g/mol. The molecule has 0 aliphatic carbocycles. The molecule has 1 aromatic rings. The van der Waals surface area contributed by atoms with Crippen molar-refractivity contribution in [3.63, 3.8) is 0 Å². The van der Waals surface area contributed by atoms with Gasteiger partial charge in [-0.3, -0.25) is 4.79 Å². The third-order valence-electron chi connectivity index (χ3n) is 3.05. The summed E-state index contributed by atoms with van der Waals surface area (Å²) in [6.45, 7) is 10.2. The molecule has 1 aromatic heterocycles. The molecule has 0 unspecified atom stereocenters. The van der Waals surface area contributed by atoms with Crippen LogP contribution < -0.4 is 10.2 Å². The standard InChI is InChI=1S/C14H22N4O2/c1-10(2)15-13(19)11-5-6-12(17-16-11)18-7-8-20-14(3,4)9-18/h5-6,10H,7-9H2,1-4H3,(H,15,19). The van der Waals surface area contributed by atoms with E-state index in [1.807, 2.05) is 19.9 Å². The minimum absolute atomic E-state index is 0.0871. The second-order valence-electron chi connectivity index (χ2n) is 5.93. The lowest BCUT2D eigenvalue weighted by atomic mass is 10.1. The number of hydrogen-bond acceptors (Lipinski definition) is 5. The van der Waals surface area contributed by atoms with Gasteiger partial charge < -0.3 is 15.0 Å². The average molecular weight is 278 g/mol. The Balaban J connectivity index is 2.06. The van der Waals surface area contributed by atoms with Crippen LogP contribution in [0.5, 0.6) is 0 Å². The van der Waals surface area contributed by atoms with E-state index in [1.54, 1.807) is 6.07 Å². The van der Waals surface area contributed by atoms with Gasteiger partial charge in [-0.2, -0.15) is 0 Å². The number of carbonyl (C=O) groups excluding carboxylic acids is 1. The molecule has 1 aliphatic heterocycles. The molecule has 6 nitrogen and oxygen atoms in total. The third kappa shape index (κ3) is 3.66. The lowest BCUT2D eigenvalue weighted by molar-refractivity contribution is -0.0279. The molecule has 0 atom stereocenters. The Morgan fingerprint density at radius 3 is 2.70 bits per heavy atom. The highest BCUT2D eigenvalue weighted by Crippen LogP contribution is 2.20. The minimum atomic E-state index is -0.193. The summed E-state index contributed by atoms with van der Waals surface area (Å²) in [7, 11) is 0. The van der Waals surface area contributed by atoms with E-state index >= 15 is 0 Å². The van der Waals surface area contributed by atoms with E-state index < -0.39 is 0 Å². The van der Waals surface area contributed by atoms with Crippen LogP contribution in [-0.4, -0.2) is 47.4 Å². The number of nitrogens with zero attached hydrogens (tertiary/aromatic N) is 3. The highest BCUT2D eigenvalue weighted by Gasteiger charge is 2.28. The smallest absolute Gasteiger partial charge is 0.271 e. The fourth-order valence-electron chi connectivity index (χ4n) is 2.16. The van der Waals surface area contributed by atoms with E-state index in [-0.39, 0.29) is 17.6 Å². The van der Waals surface area contributed by atoms with Crippen molar-refractivity contribution in [3.8, 4) is 0 Å². The van der Waals surface area contributed by atoms with Crippen LogP contribution in [0.3, 0.4) is 0 Å². The Kier molecular flexibility index (Phi) is 4.23. The maximum atomic E-state index is 11.8. The molecule has 0 radical (unpaired) electrons. The molecule has 0 saturated carbocycles. The van der Waals surface area contributed by atoms with Crippen molar-refractivity contribution in [1.29, 1.82) is 0 Å². The Hall–Kier alpha value is -1.69. The number of rotatable bonds is 3. The van der Waals surface area contributed by atoms with Crippen LogP contribution in [0.15, 0.2) is 12.1 Å². The zero-order chi connectivity index (χ0) is 14.8. The number of aromatic nitrogens is 2. The normalized spacial score (nSPS) is 18.1. The number of carbonyl (C=O) groups is 1. The zero-order valence-corrected chi connectivity index (χ0v) is 12.5. The molecule has 1 amide bonds. The predicted molar refractivity (Wildman–Crippen MR) is 76.9 cm³/mol. The summed E-state index contributed by atoms with van der Waals surface area (Å²) < 4.78 is 5.67. The second kappa shape index (κ2) is 5.75. The van der Waals surface area contributed by atoms with Crippen molar-refractivity contribution in [1.82, 2.24) is 15.5 Å². The third-order valence-corrected chi connectivity index (χ3v) is 3.05. The number of amides is 1. The molecule has 2 heterocycles. The molecule has 0 spiro atoms. The van der Waals surface area contributed by atoms with Gasteiger partial charge in [-0.25, -0.2) is 0 Å². The molecule has 6 heteroatoms. The predicted octanol–water partition coefficient (Wildman–Crippen LogP) is 1.23. The van der Waals surface area contributed by atoms with E-state index in [9.17, 15) is 4.79 Å². The van der Waals surface area contributed by atoms with Gasteiger partial charge in [0.15, 0.2) is 11.5 Å². The largest absolute Gasteiger partial charge is 0.372 e. The fraction of sp³-hybridized carbons (Fsp3) is 0.643. The van der Waals surface area contributed by atoms with Gasteiger partial charge in [0.25, 0.3) is 5.91 Å². The summed E-state index contributed by atoms with van der Waals surface area (Å²) in [5, 5.41) is 11.0. The van der Waals surface area contributed by atoms with Gasteiger partial charge in [-0.15, -0.1) is 10.2 Å². The molecule has 1 saturated heterocycles. The average Bonchev–Trinajstić information content (AvgIpc) is 2.37. The highest BCUT2D eigenvalue weighted by atomic mass is 16.5. The Labute approximate surface area is 119 Å². The van der Waals surface area contributed by atoms with E-state index in [0.29, 0.717) is 12.3 Å². The number of nitrogens with one attached hydrogen (secondary N) is 1. The summed E-state index contributed by atoms with van der Waals surface area (Å²) >= 11 is 0. The topological polar surface area (TPSA) is 67.4 Å². The lowest BCUT2D eigenvalue weighted by Crippen LogP contribution is -2.48. The number of morpholine rings is 1. The maximum absolute atomic E-state index is 11.8. The SMILES string of the molecule is CC(C)NC(=O)c1ccc(N2CCOC(C)(C)C2)nn1. The Morgan fingerprint density at radius 1 is 1.40 bits per heavy atom. The van der Waals surface area contributed by atoms with Crippen LogP contribution in [-0.2, 0) is 4.74 Å². The summed E-state index contributed by atoms with van der Waals surface area (Å²) in [5.41, 5.74) is 0.156. The van der Waals surface area contributed by atoms with E-state index in [4.69, 9.17) is 4.74 Å². The first-order valence-corrected chi connectivity index (χ1v) is 6.91. The van der Waals surface area contributed by atoms with Crippen LogP contribution in [0.1, 0.15) is 38.2 Å². The van der Waals surface area contributed by atoms with Gasteiger partial charge in [0, 0.05) is 19.1 Å². The van der Waals surface area contributed by atoms with Crippen molar-refractivity contribution in [3.05, 3.63) is 17.8 Å². The van der Waals surface area contributed by atoms with Gasteiger partial charge in [0.05, 0.1) is 12.2 Å². The van der Waals surface area contributed by atoms with Crippen molar-refractivity contribution in [2.75, 3.05) is 24.6 Å². The monoisotopic (exact) mass is 278 g/mol. The van der Waals surface area contributed by atoms with Crippen molar-refractivity contribution < 1.29 is 9.53 Å². The van der Waals surface area contributed by atoms with Crippen molar-refractivity contribution >= 4 is 11.7 Å². The molecule has 1 N–H and O–H groups in total. The van der Waals surface area contributed by atoms with Crippen molar-refractivity contribution in [2.24, 2.45) is 0 Å². The van der Waals surface area contributed by atoms with E-state index in [2.05, 4.69) is 34.3 Å². The molecule has 1 fully saturated rings. The molecule has 20 heavy (non-hydrogen) atoms. The van der Waals surface area contributed by atoms with Crippen LogP contribution in [0.25, 0.3) is 0 Å². The van der Waals surface area contributed by atoms with Gasteiger partial charge >= 0.3 is 0 Å². The van der Waals surface area contributed by atoms with Crippen LogP contribution in [0.4, 0.5) is 5.82 Å². The first-order chi connectivity index (χ1) is 9.37. The number of ether oxygens (including phenoxy) is 1. The summed E-state index contributed by atoms with van der Waals surface area (Å²) in [6.07, 6.45) is 0. The molecule has 0 aromatic carbocycles. The van der Waals surface area contributed by atoms with Crippen LogP contribution in [0, 0.1) is 0 Å². The van der Waals surface area contributed by atoms with Crippen LogP contribution >= 0.6 is 0 Å². The first-order valence-electron chi connectivity index (χ1n) is 6.91. The Bertz CT molecular complexity index is 471. The fourth-order valence-corrected chi connectivity index (χ4v) is 2.16. The van der Waals surface area contributed by atoms with Gasteiger partial charge in [0.2, 0.25) is 0 Å². The quantitative estimate of drug-likeness (QED) is 0.900. The Morgan fingerprint density at radius 2 is 2.15 bits per heavy atom. The molecule has 0 bridgehead atoms. The molecule has 1 aliphatic rings. The molecule has 2 rings (SSSR count). The second-order valence-corrected chi connectivity index (χ2v) is 5.93. The van der Waals surface area contributed by atoms with Gasteiger partial charge in [-0.1, -0.05) is 0 Å².